The third-order valence-corrected chi connectivity index (χ3v) is 5.27. The first kappa shape index (κ1) is 16.1. The Morgan fingerprint density at radius 1 is 1.14 bits per heavy atom. The minimum atomic E-state index is -3.59. The number of ether oxygens (including phenoxy) is 1. The van der Waals surface area contributed by atoms with Crippen molar-refractivity contribution in [1.29, 1.82) is 0 Å². The zero-order valence-electron chi connectivity index (χ0n) is 11.8. The van der Waals surface area contributed by atoms with Gasteiger partial charge in [0.25, 0.3) is 10.0 Å². The van der Waals surface area contributed by atoms with Crippen molar-refractivity contribution >= 4 is 38.3 Å². The Balaban J connectivity index is 2.26. The molecule has 0 saturated carbocycles. The molecule has 0 bridgehead atoms. The van der Waals surface area contributed by atoms with Gasteiger partial charge in [0.2, 0.25) is 0 Å². The van der Waals surface area contributed by atoms with Crippen molar-refractivity contribution in [2.75, 3.05) is 11.8 Å². The predicted molar refractivity (Wildman–Crippen MR) is 92.3 cm³/mol. The van der Waals surface area contributed by atoms with E-state index >= 15 is 0 Å². The summed E-state index contributed by atoms with van der Waals surface area (Å²) in [5.41, 5.74) is 1.72. The van der Waals surface area contributed by atoms with E-state index in [1.807, 2.05) is 34.7 Å². The number of hydrogen-bond donors (Lipinski definition) is 1. The summed E-state index contributed by atoms with van der Waals surface area (Å²) in [4.78, 5) is 0.215. The van der Waals surface area contributed by atoms with Gasteiger partial charge in [-0.1, -0.05) is 19.1 Å². The van der Waals surface area contributed by atoms with E-state index in [4.69, 9.17) is 4.74 Å². The molecule has 4 nitrogen and oxygen atoms in total. The van der Waals surface area contributed by atoms with Crippen LogP contribution in [-0.4, -0.2) is 15.5 Å². The van der Waals surface area contributed by atoms with Crippen LogP contribution in [-0.2, 0) is 16.4 Å². The largest absolute Gasteiger partial charge is 0.496 e. The lowest BCUT2D eigenvalue weighted by atomic mass is 10.2. The molecule has 0 spiro atoms. The zero-order chi connectivity index (χ0) is 15.5. The molecular weight excluding hydrogens is 401 g/mol. The van der Waals surface area contributed by atoms with Crippen LogP contribution < -0.4 is 9.46 Å². The van der Waals surface area contributed by atoms with Gasteiger partial charge in [0.1, 0.15) is 5.75 Å². The fraction of sp³-hybridized carbons (Fsp3) is 0.200. The van der Waals surface area contributed by atoms with E-state index < -0.39 is 10.0 Å². The van der Waals surface area contributed by atoms with Crippen molar-refractivity contribution in [3.8, 4) is 5.75 Å². The lowest BCUT2D eigenvalue weighted by Crippen LogP contribution is -2.13. The van der Waals surface area contributed by atoms with Crippen LogP contribution in [0.2, 0.25) is 0 Å². The number of hydrogen-bond acceptors (Lipinski definition) is 3. The standard InChI is InChI=1S/C15H16INO3S/c1-3-11-4-6-12(7-5-11)17-21(18,19)13-8-9-15(20-2)14(16)10-13/h4-10,17H,3H2,1-2H3. The topological polar surface area (TPSA) is 55.4 Å². The summed E-state index contributed by atoms with van der Waals surface area (Å²) in [5, 5.41) is 0. The number of nitrogens with one attached hydrogen (secondary N) is 1. The van der Waals surface area contributed by atoms with Crippen LogP contribution in [0, 0.1) is 3.57 Å². The maximum absolute atomic E-state index is 12.4. The maximum Gasteiger partial charge on any atom is 0.261 e. The average molecular weight is 417 g/mol. The number of benzene rings is 2. The van der Waals surface area contributed by atoms with E-state index in [2.05, 4.69) is 11.6 Å². The van der Waals surface area contributed by atoms with Gasteiger partial charge in [-0.05, 0) is 64.9 Å². The third-order valence-electron chi connectivity index (χ3n) is 3.05. The maximum atomic E-state index is 12.4. The molecule has 112 valence electrons. The first-order chi connectivity index (χ1) is 9.96. The van der Waals surface area contributed by atoms with E-state index in [1.54, 1.807) is 31.4 Å². The van der Waals surface area contributed by atoms with Crippen molar-refractivity contribution in [2.45, 2.75) is 18.2 Å². The number of sulfonamides is 1. The quantitative estimate of drug-likeness (QED) is 0.756. The molecule has 0 aliphatic carbocycles. The van der Waals surface area contributed by atoms with Crippen LogP contribution in [0.4, 0.5) is 5.69 Å². The van der Waals surface area contributed by atoms with Gasteiger partial charge in [-0.3, -0.25) is 4.72 Å². The van der Waals surface area contributed by atoms with E-state index in [-0.39, 0.29) is 4.90 Å². The molecule has 0 aromatic heterocycles. The molecule has 2 aromatic rings. The summed E-state index contributed by atoms with van der Waals surface area (Å²) in [6.07, 6.45) is 0.920. The highest BCUT2D eigenvalue weighted by atomic mass is 127. The van der Waals surface area contributed by atoms with Gasteiger partial charge in [0, 0.05) is 5.69 Å². The number of aryl methyl sites for hydroxylation is 1. The van der Waals surface area contributed by atoms with Gasteiger partial charge in [0.15, 0.2) is 0 Å². The molecule has 0 unspecified atom stereocenters. The van der Waals surface area contributed by atoms with Crippen LogP contribution in [0.25, 0.3) is 0 Å². The van der Waals surface area contributed by atoms with Crippen LogP contribution in [0.1, 0.15) is 12.5 Å². The Bertz CT molecular complexity index is 727. The summed E-state index contributed by atoms with van der Waals surface area (Å²) >= 11 is 2.05. The van der Waals surface area contributed by atoms with Gasteiger partial charge in [-0.15, -0.1) is 0 Å². The number of halogens is 1. The molecule has 0 aliphatic rings. The summed E-state index contributed by atoms with van der Waals surface area (Å²) < 4.78 is 33.2. The molecule has 6 heteroatoms. The van der Waals surface area contributed by atoms with Gasteiger partial charge >= 0.3 is 0 Å². The van der Waals surface area contributed by atoms with Gasteiger partial charge < -0.3 is 4.74 Å². The molecule has 0 heterocycles. The molecule has 0 fully saturated rings. The number of rotatable bonds is 5. The Labute approximate surface area is 138 Å². The smallest absolute Gasteiger partial charge is 0.261 e. The van der Waals surface area contributed by atoms with E-state index in [0.717, 1.165) is 15.6 Å². The molecule has 0 aliphatic heterocycles. The molecule has 0 radical (unpaired) electrons. The molecule has 1 N–H and O–H groups in total. The highest BCUT2D eigenvalue weighted by molar-refractivity contribution is 14.1. The first-order valence-electron chi connectivity index (χ1n) is 6.41. The summed E-state index contributed by atoms with van der Waals surface area (Å²) in [6, 6.07) is 12.1. The predicted octanol–water partition coefficient (Wildman–Crippen LogP) is 3.66. The molecule has 0 saturated heterocycles. The van der Waals surface area contributed by atoms with E-state index in [1.165, 1.54) is 6.07 Å². The second-order valence-corrected chi connectivity index (χ2v) is 7.30. The summed E-state index contributed by atoms with van der Waals surface area (Å²) in [5.74, 6) is 0.654. The molecule has 2 rings (SSSR count). The second kappa shape index (κ2) is 6.65. The average Bonchev–Trinajstić information content (AvgIpc) is 2.47. The monoisotopic (exact) mass is 417 g/mol. The lowest BCUT2D eigenvalue weighted by Gasteiger charge is -2.10. The summed E-state index contributed by atoms with van der Waals surface area (Å²) in [7, 11) is -2.04. The third kappa shape index (κ3) is 3.88. The molecule has 2 aromatic carbocycles. The Morgan fingerprint density at radius 2 is 1.81 bits per heavy atom. The van der Waals surface area contributed by atoms with Crippen molar-refractivity contribution in [1.82, 2.24) is 0 Å². The molecule has 0 amide bonds. The highest BCUT2D eigenvalue weighted by Gasteiger charge is 2.16. The van der Waals surface area contributed by atoms with Crippen LogP contribution in [0.15, 0.2) is 47.4 Å². The molecular formula is C15H16INO3S. The zero-order valence-corrected chi connectivity index (χ0v) is 14.7. The minimum absolute atomic E-state index is 0.215. The number of methoxy groups -OCH3 is 1. The highest BCUT2D eigenvalue weighted by Crippen LogP contribution is 2.25. The van der Waals surface area contributed by atoms with Gasteiger partial charge in [-0.25, -0.2) is 8.42 Å². The van der Waals surface area contributed by atoms with E-state index in [0.29, 0.717) is 11.4 Å². The molecule has 0 atom stereocenters. The fourth-order valence-corrected chi connectivity index (χ4v) is 3.87. The van der Waals surface area contributed by atoms with Crippen LogP contribution in [0.5, 0.6) is 5.75 Å². The Morgan fingerprint density at radius 3 is 2.33 bits per heavy atom. The Kier molecular flexibility index (Phi) is 5.10. The van der Waals surface area contributed by atoms with Gasteiger partial charge in [0.05, 0.1) is 15.6 Å². The second-order valence-electron chi connectivity index (χ2n) is 4.45. The first-order valence-corrected chi connectivity index (χ1v) is 8.97. The van der Waals surface area contributed by atoms with Crippen molar-refractivity contribution in [3.05, 3.63) is 51.6 Å². The van der Waals surface area contributed by atoms with Crippen molar-refractivity contribution in [3.63, 3.8) is 0 Å². The van der Waals surface area contributed by atoms with Crippen molar-refractivity contribution < 1.29 is 13.2 Å². The number of anilines is 1. The summed E-state index contributed by atoms with van der Waals surface area (Å²) in [6.45, 7) is 2.05. The normalized spacial score (nSPS) is 11.2. The van der Waals surface area contributed by atoms with Crippen LogP contribution in [0.3, 0.4) is 0 Å². The van der Waals surface area contributed by atoms with E-state index in [9.17, 15) is 8.42 Å². The minimum Gasteiger partial charge on any atom is -0.496 e. The molecule has 21 heavy (non-hydrogen) atoms. The SMILES string of the molecule is CCc1ccc(NS(=O)(=O)c2ccc(OC)c(I)c2)cc1. The van der Waals surface area contributed by atoms with Gasteiger partial charge in [-0.2, -0.15) is 0 Å². The fourth-order valence-electron chi connectivity index (χ4n) is 1.84. The Hall–Kier alpha value is -1.28. The van der Waals surface area contributed by atoms with Crippen molar-refractivity contribution in [2.24, 2.45) is 0 Å². The lowest BCUT2D eigenvalue weighted by molar-refractivity contribution is 0.411. The van der Waals surface area contributed by atoms with Crippen LogP contribution >= 0.6 is 22.6 Å².